The molecule has 1 unspecified atom stereocenters. The van der Waals surface area contributed by atoms with E-state index in [1.165, 1.54) is 12.1 Å². The van der Waals surface area contributed by atoms with E-state index < -0.39 is 22.0 Å². The van der Waals surface area contributed by atoms with Crippen LogP contribution in [0.4, 0.5) is 0 Å². The van der Waals surface area contributed by atoms with Crippen LogP contribution >= 0.6 is 23.2 Å². The van der Waals surface area contributed by atoms with Gasteiger partial charge in [-0.3, -0.25) is 4.79 Å². The molecule has 1 fully saturated rings. The molecule has 1 aliphatic heterocycles. The minimum absolute atomic E-state index is 0.00381. The van der Waals surface area contributed by atoms with E-state index >= 15 is 0 Å². The van der Waals surface area contributed by atoms with Crippen LogP contribution in [0.1, 0.15) is 25.7 Å². The fourth-order valence-corrected chi connectivity index (χ4v) is 5.21. The van der Waals surface area contributed by atoms with Crippen molar-refractivity contribution in [3.8, 4) is 0 Å². The number of halogens is 2. The normalized spacial score (nSPS) is 21.0. The van der Waals surface area contributed by atoms with Gasteiger partial charge in [-0.15, -0.1) is 0 Å². The molecule has 0 aliphatic carbocycles. The number of carbonyl (C=O) groups is 1. The number of nitrogens with zero attached hydrogens (tertiary/aromatic N) is 1. The van der Waals surface area contributed by atoms with Gasteiger partial charge in [0, 0.05) is 6.54 Å². The number of aliphatic carboxylic acids is 1. The van der Waals surface area contributed by atoms with Crippen molar-refractivity contribution in [2.24, 2.45) is 0 Å². The average molecular weight is 352 g/mol. The van der Waals surface area contributed by atoms with Gasteiger partial charge in [0.15, 0.2) is 0 Å². The summed E-state index contributed by atoms with van der Waals surface area (Å²) in [6.07, 6.45) is 2.38. The third-order valence-corrected chi connectivity index (χ3v) is 6.34. The Balaban J connectivity index is 2.52. The number of hydrogen-bond acceptors (Lipinski definition) is 3. The van der Waals surface area contributed by atoms with Gasteiger partial charge in [-0.05, 0) is 25.0 Å². The van der Waals surface area contributed by atoms with E-state index in [0.29, 0.717) is 12.8 Å². The lowest BCUT2D eigenvalue weighted by atomic mass is 10.1. The van der Waals surface area contributed by atoms with Gasteiger partial charge in [-0.1, -0.05) is 42.1 Å². The van der Waals surface area contributed by atoms with Gasteiger partial charge in [-0.2, -0.15) is 4.31 Å². The van der Waals surface area contributed by atoms with Crippen molar-refractivity contribution in [1.82, 2.24) is 4.31 Å². The Labute approximate surface area is 133 Å². The topological polar surface area (TPSA) is 74.7 Å². The molecule has 5 nitrogen and oxygen atoms in total. The Morgan fingerprint density at radius 3 is 2.38 bits per heavy atom. The molecule has 116 valence electrons. The molecular formula is C13H15Cl2NO4S. The molecule has 0 aromatic heterocycles. The SMILES string of the molecule is O=C(O)C1CCCCCN1S(=O)(=O)c1c(Cl)cccc1Cl. The van der Waals surface area contributed by atoms with Crippen LogP contribution in [0.5, 0.6) is 0 Å². The number of carboxylic acid groups (broad SMARTS) is 1. The van der Waals surface area contributed by atoms with Crippen molar-refractivity contribution < 1.29 is 18.3 Å². The van der Waals surface area contributed by atoms with Gasteiger partial charge < -0.3 is 5.11 Å². The number of hydrogen-bond donors (Lipinski definition) is 1. The summed E-state index contributed by atoms with van der Waals surface area (Å²) in [5.74, 6) is -1.15. The molecule has 0 amide bonds. The maximum Gasteiger partial charge on any atom is 0.322 e. The first kappa shape index (κ1) is 16.5. The molecule has 1 N–H and O–H groups in total. The maximum atomic E-state index is 12.8. The Kier molecular flexibility index (Phi) is 5.14. The predicted octanol–water partition coefficient (Wildman–Crippen LogP) is 3.01. The van der Waals surface area contributed by atoms with Crippen LogP contribution in [0, 0.1) is 0 Å². The summed E-state index contributed by atoms with van der Waals surface area (Å²) in [7, 11) is -4.05. The van der Waals surface area contributed by atoms with E-state index in [4.69, 9.17) is 23.2 Å². The van der Waals surface area contributed by atoms with E-state index in [1.54, 1.807) is 6.07 Å². The van der Waals surface area contributed by atoms with Crippen molar-refractivity contribution in [2.75, 3.05) is 6.54 Å². The minimum Gasteiger partial charge on any atom is -0.480 e. The van der Waals surface area contributed by atoms with Crippen LogP contribution in [0.25, 0.3) is 0 Å². The molecule has 1 aromatic rings. The van der Waals surface area contributed by atoms with Crippen LogP contribution in [-0.2, 0) is 14.8 Å². The summed E-state index contributed by atoms with van der Waals surface area (Å²) < 4.78 is 26.6. The third-order valence-electron chi connectivity index (χ3n) is 3.47. The molecule has 21 heavy (non-hydrogen) atoms. The molecule has 8 heteroatoms. The minimum atomic E-state index is -4.05. The first-order chi connectivity index (χ1) is 9.85. The van der Waals surface area contributed by atoms with Crippen LogP contribution < -0.4 is 0 Å². The highest BCUT2D eigenvalue weighted by Gasteiger charge is 2.38. The van der Waals surface area contributed by atoms with E-state index in [9.17, 15) is 18.3 Å². The van der Waals surface area contributed by atoms with Crippen LogP contribution in [0.3, 0.4) is 0 Å². The number of benzene rings is 1. The van der Waals surface area contributed by atoms with Gasteiger partial charge in [-0.25, -0.2) is 8.42 Å². The highest BCUT2D eigenvalue weighted by molar-refractivity contribution is 7.89. The summed E-state index contributed by atoms with van der Waals surface area (Å²) >= 11 is 11.9. The van der Waals surface area contributed by atoms with Gasteiger partial charge in [0.25, 0.3) is 0 Å². The Morgan fingerprint density at radius 2 is 1.81 bits per heavy atom. The lowest BCUT2D eigenvalue weighted by molar-refractivity contribution is -0.141. The zero-order valence-electron chi connectivity index (χ0n) is 11.1. The highest BCUT2D eigenvalue weighted by atomic mass is 35.5. The molecule has 0 saturated carbocycles. The van der Waals surface area contributed by atoms with E-state index in [0.717, 1.165) is 10.7 Å². The molecule has 1 atom stereocenters. The smallest absolute Gasteiger partial charge is 0.322 e. The molecule has 0 bridgehead atoms. The quantitative estimate of drug-likeness (QED) is 0.907. The zero-order chi connectivity index (χ0) is 15.6. The Bertz CT molecular complexity index is 627. The van der Waals surface area contributed by atoms with Crippen molar-refractivity contribution in [2.45, 2.75) is 36.6 Å². The number of carboxylic acids is 1. The second kappa shape index (κ2) is 6.52. The standard InChI is InChI=1S/C13H15Cl2NO4S/c14-9-5-4-6-10(15)12(9)21(19,20)16-8-3-1-2-7-11(16)13(17)18/h4-6,11H,1-3,7-8H2,(H,17,18). The molecule has 1 aliphatic rings. The van der Waals surface area contributed by atoms with E-state index in [2.05, 4.69) is 0 Å². The molecule has 1 heterocycles. The summed E-state index contributed by atoms with van der Waals surface area (Å²) in [5, 5.41) is 9.30. The summed E-state index contributed by atoms with van der Waals surface area (Å²) in [6.45, 7) is 0.154. The maximum absolute atomic E-state index is 12.8. The van der Waals surface area contributed by atoms with Gasteiger partial charge in [0.05, 0.1) is 10.0 Å². The Morgan fingerprint density at radius 1 is 1.19 bits per heavy atom. The number of sulfonamides is 1. The molecular weight excluding hydrogens is 337 g/mol. The third kappa shape index (κ3) is 3.34. The molecule has 1 aromatic carbocycles. The second-order valence-corrected chi connectivity index (χ2v) is 7.51. The number of rotatable bonds is 3. The largest absolute Gasteiger partial charge is 0.480 e. The molecule has 2 rings (SSSR count). The zero-order valence-corrected chi connectivity index (χ0v) is 13.5. The van der Waals surface area contributed by atoms with E-state index in [1.807, 2.05) is 0 Å². The predicted molar refractivity (Wildman–Crippen MR) is 80.2 cm³/mol. The lowest BCUT2D eigenvalue weighted by Gasteiger charge is -2.26. The van der Waals surface area contributed by atoms with Gasteiger partial charge >= 0.3 is 5.97 Å². The Hall–Kier alpha value is -0.820. The van der Waals surface area contributed by atoms with Crippen molar-refractivity contribution in [3.05, 3.63) is 28.2 Å². The fourth-order valence-electron chi connectivity index (χ4n) is 2.46. The van der Waals surface area contributed by atoms with Gasteiger partial charge in [0.2, 0.25) is 10.0 Å². The van der Waals surface area contributed by atoms with Gasteiger partial charge in [0.1, 0.15) is 10.9 Å². The van der Waals surface area contributed by atoms with Crippen LogP contribution in [0.2, 0.25) is 10.0 Å². The second-order valence-electron chi connectivity index (χ2n) is 4.87. The molecule has 0 spiro atoms. The first-order valence-electron chi connectivity index (χ1n) is 6.54. The average Bonchev–Trinajstić information content (AvgIpc) is 2.64. The monoisotopic (exact) mass is 351 g/mol. The van der Waals surface area contributed by atoms with Crippen molar-refractivity contribution in [1.29, 1.82) is 0 Å². The summed E-state index contributed by atoms with van der Waals surface area (Å²) in [6, 6.07) is 3.31. The summed E-state index contributed by atoms with van der Waals surface area (Å²) in [5.41, 5.74) is 0. The molecule has 0 radical (unpaired) electrons. The van der Waals surface area contributed by atoms with Crippen LogP contribution in [-0.4, -0.2) is 36.4 Å². The molecule has 1 saturated heterocycles. The first-order valence-corrected chi connectivity index (χ1v) is 8.74. The summed E-state index contributed by atoms with van der Waals surface area (Å²) in [4.78, 5) is 11.2. The fraction of sp³-hybridized carbons (Fsp3) is 0.462. The lowest BCUT2D eigenvalue weighted by Crippen LogP contribution is -2.44. The van der Waals surface area contributed by atoms with Crippen molar-refractivity contribution >= 4 is 39.2 Å². The van der Waals surface area contributed by atoms with E-state index in [-0.39, 0.29) is 27.9 Å². The highest BCUT2D eigenvalue weighted by Crippen LogP contribution is 2.34. The van der Waals surface area contributed by atoms with Crippen molar-refractivity contribution in [3.63, 3.8) is 0 Å². The van der Waals surface area contributed by atoms with Crippen LogP contribution in [0.15, 0.2) is 23.1 Å².